The van der Waals surface area contributed by atoms with Crippen LogP contribution >= 0.6 is 11.8 Å². The van der Waals surface area contributed by atoms with Gasteiger partial charge in [0.1, 0.15) is 5.82 Å². The van der Waals surface area contributed by atoms with Gasteiger partial charge in [-0.1, -0.05) is 24.6 Å². The Morgan fingerprint density at radius 3 is 2.63 bits per heavy atom. The number of amidine groups is 1. The molecule has 0 radical (unpaired) electrons. The Hall–Kier alpha value is -1.17. The fourth-order valence-electron chi connectivity index (χ4n) is 2.60. The first-order valence-electron chi connectivity index (χ1n) is 6.22. The van der Waals surface area contributed by atoms with Crippen molar-refractivity contribution in [3.8, 4) is 0 Å². The van der Waals surface area contributed by atoms with Crippen LogP contribution in [0, 0.1) is 17.5 Å². The molecule has 1 aliphatic heterocycles. The fraction of sp³-hybridized carbons (Fsp3) is 0.462. The van der Waals surface area contributed by atoms with Gasteiger partial charge in [0.15, 0.2) is 16.8 Å². The highest BCUT2D eigenvalue weighted by Crippen LogP contribution is 2.41. The maximum Gasteiger partial charge on any atom is 0.182 e. The highest BCUT2D eigenvalue weighted by molar-refractivity contribution is 8.14. The maximum atomic E-state index is 13.5. The first-order chi connectivity index (χ1) is 9.08. The van der Waals surface area contributed by atoms with Crippen LogP contribution in [0.3, 0.4) is 0 Å². The summed E-state index contributed by atoms with van der Waals surface area (Å²) in [6.07, 6.45) is 4.37. The second-order valence-corrected chi connectivity index (χ2v) is 5.98. The molecular weight excluding hydrogens is 273 g/mol. The van der Waals surface area contributed by atoms with Crippen LogP contribution in [0.15, 0.2) is 17.1 Å². The van der Waals surface area contributed by atoms with E-state index in [1.54, 1.807) is 0 Å². The van der Waals surface area contributed by atoms with Crippen LogP contribution in [0.5, 0.6) is 0 Å². The minimum absolute atomic E-state index is 0.0463. The van der Waals surface area contributed by atoms with E-state index < -0.39 is 17.5 Å². The lowest BCUT2D eigenvalue weighted by atomic mass is 10.0. The molecule has 0 aromatic heterocycles. The van der Waals surface area contributed by atoms with Crippen molar-refractivity contribution >= 4 is 22.6 Å². The molecule has 1 aromatic carbocycles. The molecule has 1 heterocycles. The first kappa shape index (κ1) is 12.8. The van der Waals surface area contributed by atoms with Crippen LogP contribution in [0.2, 0.25) is 0 Å². The highest BCUT2D eigenvalue weighted by Gasteiger charge is 2.38. The number of halogens is 3. The van der Waals surface area contributed by atoms with E-state index in [2.05, 4.69) is 10.3 Å². The molecule has 0 amide bonds. The summed E-state index contributed by atoms with van der Waals surface area (Å²) < 4.78 is 39.7. The fourth-order valence-corrected chi connectivity index (χ4v) is 3.80. The molecule has 6 heteroatoms. The second-order valence-electron chi connectivity index (χ2n) is 5.01. The lowest BCUT2D eigenvalue weighted by molar-refractivity contribution is 0.498. The standard InChI is InChI=1S/C13H13F3N2S/c14-8-5-9(15)11(16)10(6-8)17-12-18-13(7-19-12)3-1-2-4-13/h5-6H,1-4,7H2,(H,17,18). The number of rotatable bonds is 1. The average Bonchev–Trinajstić information content (AvgIpc) is 2.97. The predicted molar refractivity (Wildman–Crippen MR) is 71.0 cm³/mol. The number of aliphatic imine (C=N–C) groups is 1. The van der Waals surface area contributed by atoms with E-state index in [-0.39, 0.29) is 11.2 Å². The Morgan fingerprint density at radius 1 is 1.16 bits per heavy atom. The van der Waals surface area contributed by atoms with Crippen LogP contribution in [0.25, 0.3) is 0 Å². The number of hydrogen-bond acceptors (Lipinski definition) is 3. The molecule has 0 unspecified atom stereocenters. The summed E-state index contributed by atoms with van der Waals surface area (Å²) in [5.41, 5.74) is -0.242. The topological polar surface area (TPSA) is 24.4 Å². The van der Waals surface area contributed by atoms with Crippen LogP contribution in [-0.4, -0.2) is 16.5 Å². The zero-order chi connectivity index (χ0) is 13.5. The smallest absolute Gasteiger partial charge is 0.182 e. The zero-order valence-electron chi connectivity index (χ0n) is 10.2. The molecule has 1 fully saturated rings. The van der Waals surface area contributed by atoms with Gasteiger partial charge in [0.05, 0.1) is 11.2 Å². The number of nitrogens with one attached hydrogen (secondary N) is 1. The Bertz CT molecular complexity index is 539. The molecule has 0 bridgehead atoms. The molecule has 2 nitrogen and oxygen atoms in total. The molecule has 0 atom stereocenters. The molecule has 1 aromatic rings. The maximum absolute atomic E-state index is 13.5. The Morgan fingerprint density at radius 2 is 1.89 bits per heavy atom. The summed E-state index contributed by atoms with van der Waals surface area (Å²) in [7, 11) is 0. The van der Waals surface area contributed by atoms with Gasteiger partial charge >= 0.3 is 0 Å². The molecule has 2 aliphatic rings. The van der Waals surface area contributed by atoms with Crippen molar-refractivity contribution in [1.82, 2.24) is 0 Å². The first-order valence-corrected chi connectivity index (χ1v) is 7.21. The van der Waals surface area contributed by atoms with Gasteiger partial charge in [0, 0.05) is 17.9 Å². The molecule has 1 N–H and O–H groups in total. The van der Waals surface area contributed by atoms with Crippen LogP contribution in [0.1, 0.15) is 25.7 Å². The van der Waals surface area contributed by atoms with Crippen LogP contribution in [-0.2, 0) is 0 Å². The molecule has 3 rings (SSSR count). The monoisotopic (exact) mass is 286 g/mol. The number of nitrogens with zero attached hydrogens (tertiary/aromatic N) is 1. The van der Waals surface area contributed by atoms with E-state index in [9.17, 15) is 13.2 Å². The molecule has 19 heavy (non-hydrogen) atoms. The summed E-state index contributed by atoms with van der Waals surface area (Å²) >= 11 is 1.48. The largest absolute Gasteiger partial charge is 0.332 e. The second kappa shape index (κ2) is 4.74. The molecular formula is C13H13F3N2S. The third-order valence-corrected chi connectivity index (χ3v) is 4.73. The van der Waals surface area contributed by atoms with Crippen molar-refractivity contribution in [1.29, 1.82) is 0 Å². The average molecular weight is 286 g/mol. The van der Waals surface area contributed by atoms with Gasteiger partial charge in [-0.15, -0.1) is 0 Å². The number of hydrogen-bond donors (Lipinski definition) is 1. The summed E-state index contributed by atoms with van der Waals surface area (Å²) in [6.45, 7) is 0. The lowest BCUT2D eigenvalue weighted by Gasteiger charge is -2.16. The molecule has 1 spiro atoms. The SMILES string of the molecule is Fc1cc(F)c(F)c(NC2=NC3(CCCC3)CS2)c1. The lowest BCUT2D eigenvalue weighted by Crippen LogP contribution is -2.21. The zero-order valence-corrected chi connectivity index (χ0v) is 11.0. The van der Waals surface area contributed by atoms with Crippen molar-refractivity contribution in [2.24, 2.45) is 4.99 Å². The summed E-state index contributed by atoms with van der Waals surface area (Å²) in [5.74, 6) is -2.21. The summed E-state index contributed by atoms with van der Waals surface area (Å²) in [5, 5.41) is 3.25. The van der Waals surface area contributed by atoms with E-state index in [1.165, 1.54) is 11.8 Å². The molecule has 102 valence electrons. The molecule has 1 saturated carbocycles. The Balaban J connectivity index is 1.83. The third-order valence-electron chi connectivity index (χ3n) is 3.59. The minimum Gasteiger partial charge on any atom is -0.332 e. The minimum atomic E-state index is -1.19. The summed E-state index contributed by atoms with van der Waals surface area (Å²) in [4.78, 5) is 4.57. The van der Waals surface area contributed by atoms with Crippen molar-refractivity contribution in [3.63, 3.8) is 0 Å². The van der Waals surface area contributed by atoms with Crippen molar-refractivity contribution in [2.75, 3.05) is 11.1 Å². The van der Waals surface area contributed by atoms with Gasteiger partial charge in [-0.2, -0.15) is 0 Å². The Kier molecular flexibility index (Phi) is 3.20. The van der Waals surface area contributed by atoms with Gasteiger partial charge < -0.3 is 5.32 Å². The van der Waals surface area contributed by atoms with Crippen molar-refractivity contribution < 1.29 is 13.2 Å². The van der Waals surface area contributed by atoms with Crippen LogP contribution in [0.4, 0.5) is 18.9 Å². The van der Waals surface area contributed by atoms with Crippen molar-refractivity contribution in [2.45, 2.75) is 31.2 Å². The molecule has 1 aliphatic carbocycles. The van der Waals surface area contributed by atoms with E-state index in [0.29, 0.717) is 11.2 Å². The quantitative estimate of drug-likeness (QED) is 0.791. The van der Waals surface area contributed by atoms with Gasteiger partial charge in [-0.25, -0.2) is 13.2 Å². The number of benzene rings is 1. The van der Waals surface area contributed by atoms with Crippen molar-refractivity contribution in [3.05, 3.63) is 29.6 Å². The van der Waals surface area contributed by atoms with Gasteiger partial charge in [0.25, 0.3) is 0 Å². The van der Waals surface area contributed by atoms with Crippen LogP contribution < -0.4 is 5.32 Å². The van der Waals surface area contributed by atoms with E-state index in [0.717, 1.165) is 37.5 Å². The normalized spacial score (nSPS) is 20.9. The predicted octanol–water partition coefficient (Wildman–Crippen LogP) is 3.93. The van der Waals surface area contributed by atoms with E-state index in [1.807, 2.05) is 0 Å². The van der Waals surface area contributed by atoms with E-state index in [4.69, 9.17) is 0 Å². The third kappa shape index (κ3) is 2.45. The summed E-state index contributed by atoms with van der Waals surface area (Å²) in [6, 6.07) is 1.48. The number of anilines is 1. The van der Waals surface area contributed by atoms with Gasteiger partial charge in [-0.3, -0.25) is 4.99 Å². The van der Waals surface area contributed by atoms with Gasteiger partial charge in [0.2, 0.25) is 0 Å². The highest BCUT2D eigenvalue weighted by atomic mass is 32.2. The Labute approximate surface area is 113 Å². The number of thioether (sulfide) groups is 1. The van der Waals surface area contributed by atoms with E-state index >= 15 is 0 Å². The molecule has 0 saturated heterocycles. The van der Waals surface area contributed by atoms with Gasteiger partial charge in [-0.05, 0) is 12.8 Å².